The molecule has 0 aliphatic heterocycles. The Hall–Kier alpha value is -1.02. The van der Waals surface area contributed by atoms with Crippen molar-refractivity contribution < 1.29 is 4.74 Å². The average molecular weight is 289 g/mol. The first-order valence-electron chi connectivity index (χ1n) is 8.49. The molecule has 0 heterocycles. The third-order valence-corrected chi connectivity index (χ3v) is 4.65. The number of nitrogens with two attached hydrogens (primary N) is 1. The Labute approximate surface area is 130 Å². The molecule has 2 heteroatoms. The molecule has 0 amide bonds. The van der Waals surface area contributed by atoms with Gasteiger partial charge in [-0.2, -0.15) is 0 Å². The van der Waals surface area contributed by atoms with Crippen molar-refractivity contribution in [3.8, 4) is 5.75 Å². The lowest BCUT2D eigenvalue weighted by atomic mass is 9.82. The van der Waals surface area contributed by atoms with E-state index in [0.717, 1.165) is 30.4 Å². The van der Waals surface area contributed by atoms with Crippen molar-refractivity contribution in [2.45, 2.75) is 71.9 Å². The standard InChI is InChI=1S/C19H31NO/c1-5-17(20)12-16-9-13(2)6-7-19(16)21-18-10-14(3)8-15(4)11-18/h6-7,9,14-15,17-18H,5,8,10-12,20H2,1-4H3. The molecule has 2 nitrogen and oxygen atoms in total. The number of ether oxygens (including phenoxy) is 1. The Bertz CT molecular complexity index is 447. The van der Waals surface area contributed by atoms with E-state index in [0.29, 0.717) is 6.10 Å². The second kappa shape index (κ2) is 7.31. The van der Waals surface area contributed by atoms with Crippen LogP contribution in [-0.4, -0.2) is 12.1 Å². The molecule has 0 saturated heterocycles. The van der Waals surface area contributed by atoms with Crippen LogP contribution in [0.3, 0.4) is 0 Å². The molecule has 3 atom stereocenters. The van der Waals surface area contributed by atoms with Crippen molar-refractivity contribution in [1.29, 1.82) is 0 Å². The number of hydrogen-bond donors (Lipinski definition) is 1. The number of benzene rings is 1. The van der Waals surface area contributed by atoms with Crippen molar-refractivity contribution in [1.82, 2.24) is 0 Å². The lowest BCUT2D eigenvalue weighted by molar-refractivity contribution is 0.0999. The van der Waals surface area contributed by atoms with Crippen LogP contribution in [0, 0.1) is 18.8 Å². The van der Waals surface area contributed by atoms with Gasteiger partial charge in [-0.05, 0) is 62.5 Å². The molecule has 1 aromatic rings. The quantitative estimate of drug-likeness (QED) is 0.867. The Morgan fingerprint density at radius 3 is 2.48 bits per heavy atom. The van der Waals surface area contributed by atoms with Gasteiger partial charge in [0, 0.05) is 6.04 Å². The smallest absolute Gasteiger partial charge is 0.122 e. The summed E-state index contributed by atoms with van der Waals surface area (Å²) in [5.41, 5.74) is 8.70. The highest BCUT2D eigenvalue weighted by atomic mass is 16.5. The zero-order valence-corrected chi connectivity index (χ0v) is 14.1. The SMILES string of the molecule is CCC(N)Cc1cc(C)ccc1OC1CC(C)CC(C)C1. The molecular formula is C19H31NO. The van der Waals surface area contributed by atoms with E-state index in [2.05, 4.69) is 45.9 Å². The molecular weight excluding hydrogens is 258 g/mol. The van der Waals surface area contributed by atoms with Crippen LogP contribution in [0.5, 0.6) is 5.75 Å². The molecule has 118 valence electrons. The van der Waals surface area contributed by atoms with Crippen molar-refractivity contribution in [3.63, 3.8) is 0 Å². The number of aryl methyl sites for hydroxylation is 1. The maximum absolute atomic E-state index is 6.37. The summed E-state index contributed by atoms with van der Waals surface area (Å²) in [6.45, 7) is 8.96. The Kier molecular flexibility index (Phi) is 5.69. The minimum atomic E-state index is 0.221. The van der Waals surface area contributed by atoms with Crippen molar-refractivity contribution >= 4 is 0 Å². The summed E-state index contributed by atoms with van der Waals surface area (Å²) in [7, 11) is 0. The summed E-state index contributed by atoms with van der Waals surface area (Å²) in [4.78, 5) is 0. The van der Waals surface area contributed by atoms with E-state index in [1.165, 1.54) is 30.4 Å². The molecule has 0 radical (unpaired) electrons. The van der Waals surface area contributed by atoms with Gasteiger partial charge in [-0.25, -0.2) is 0 Å². The highest BCUT2D eigenvalue weighted by Crippen LogP contribution is 2.32. The third kappa shape index (κ3) is 4.74. The monoisotopic (exact) mass is 289 g/mol. The van der Waals surface area contributed by atoms with E-state index < -0.39 is 0 Å². The van der Waals surface area contributed by atoms with Crippen LogP contribution < -0.4 is 10.5 Å². The highest BCUT2D eigenvalue weighted by Gasteiger charge is 2.25. The van der Waals surface area contributed by atoms with Crippen LogP contribution in [0.25, 0.3) is 0 Å². The minimum absolute atomic E-state index is 0.221. The Balaban J connectivity index is 2.11. The number of rotatable bonds is 5. The fourth-order valence-electron chi connectivity index (χ4n) is 3.56. The molecule has 3 unspecified atom stereocenters. The summed E-state index contributed by atoms with van der Waals surface area (Å²) in [5.74, 6) is 2.59. The summed E-state index contributed by atoms with van der Waals surface area (Å²) < 4.78 is 6.37. The van der Waals surface area contributed by atoms with Gasteiger partial charge in [0.1, 0.15) is 5.75 Å². The molecule has 1 aliphatic rings. The van der Waals surface area contributed by atoms with Gasteiger partial charge >= 0.3 is 0 Å². The van der Waals surface area contributed by atoms with Crippen LogP contribution in [-0.2, 0) is 6.42 Å². The van der Waals surface area contributed by atoms with Crippen LogP contribution >= 0.6 is 0 Å². The molecule has 0 bridgehead atoms. The topological polar surface area (TPSA) is 35.2 Å². The van der Waals surface area contributed by atoms with Gasteiger partial charge in [-0.15, -0.1) is 0 Å². The first-order chi connectivity index (χ1) is 9.97. The Morgan fingerprint density at radius 1 is 1.19 bits per heavy atom. The lowest BCUT2D eigenvalue weighted by Gasteiger charge is -2.32. The van der Waals surface area contributed by atoms with Crippen LogP contribution in [0.2, 0.25) is 0 Å². The molecule has 1 fully saturated rings. The lowest BCUT2D eigenvalue weighted by Crippen LogP contribution is -2.29. The summed E-state index contributed by atoms with van der Waals surface area (Å²) >= 11 is 0. The van der Waals surface area contributed by atoms with Crippen molar-refractivity contribution in [3.05, 3.63) is 29.3 Å². The van der Waals surface area contributed by atoms with E-state index in [1.54, 1.807) is 0 Å². The van der Waals surface area contributed by atoms with Gasteiger partial charge in [-0.3, -0.25) is 0 Å². The van der Waals surface area contributed by atoms with Crippen LogP contribution in [0.1, 0.15) is 57.6 Å². The van der Waals surface area contributed by atoms with Crippen LogP contribution in [0.4, 0.5) is 0 Å². The van der Waals surface area contributed by atoms with Gasteiger partial charge in [0.25, 0.3) is 0 Å². The van der Waals surface area contributed by atoms with Gasteiger partial charge in [-0.1, -0.05) is 38.5 Å². The highest BCUT2D eigenvalue weighted by molar-refractivity contribution is 5.37. The van der Waals surface area contributed by atoms with Gasteiger partial charge in [0.05, 0.1) is 6.10 Å². The van der Waals surface area contributed by atoms with E-state index in [-0.39, 0.29) is 6.04 Å². The van der Waals surface area contributed by atoms with E-state index in [4.69, 9.17) is 10.5 Å². The summed E-state index contributed by atoms with van der Waals surface area (Å²) in [5, 5.41) is 0. The first kappa shape index (κ1) is 16.4. The predicted octanol–water partition coefficient (Wildman–Crippen LogP) is 4.48. The maximum Gasteiger partial charge on any atom is 0.122 e. The van der Waals surface area contributed by atoms with E-state index in [9.17, 15) is 0 Å². The fraction of sp³-hybridized carbons (Fsp3) is 0.684. The molecule has 2 N–H and O–H groups in total. The van der Waals surface area contributed by atoms with Gasteiger partial charge in [0.15, 0.2) is 0 Å². The van der Waals surface area contributed by atoms with E-state index in [1.807, 2.05) is 0 Å². The zero-order chi connectivity index (χ0) is 15.4. The van der Waals surface area contributed by atoms with E-state index >= 15 is 0 Å². The maximum atomic E-state index is 6.37. The normalized spacial score (nSPS) is 27.4. The Morgan fingerprint density at radius 2 is 1.86 bits per heavy atom. The minimum Gasteiger partial charge on any atom is -0.490 e. The molecule has 2 rings (SSSR count). The molecule has 0 spiro atoms. The first-order valence-corrected chi connectivity index (χ1v) is 8.49. The average Bonchev–Trinajstić information content (AvgIpc) is 2.40. The van der Waals surface area contributed by atoms with Gasteiger partial charge < -0.3 is 10.5 Å². The number of hydrogen-bond acceptors (Lipinski definition) is 2. The van der Waals surface area contributed by atoms with Crippen molar-refractivity contribution in [2.24, 2.45) is 17.6 Å². The molecule has 1 aliphatic carbocycles. The fourth-order valence-corrected chi connectivity index (χ4v) is 3.56. The second-order valence-corrected chi connectivity index (χ2v) is 7.14. The summed E-state index contributed by atoms with van der Waals surface area (Å²) in [6, 6.07) is 6.74. The van der Waals surface area contributed by atoms with Crippen molar-refractivity contribution in [2.75, 3.05) is 0 Å². The molecule has 1 saturated carbocycles. The van der Waals surface area contributed by atoms with Crippen LogP contribution in [0.15, 0.2) is 18.2 Å². The zero-order valence-electron chi connectivity index (χ0n) is 14.1. The molecule has 0 aromatic heterocycles. The summed E-state index contributed by atoms with van der Waals surface area (Å²) in [6.07, 6.45) is 5.97. The third-order valence-electron chi connectivity index (χ3n) is 4.65. The second-order valence-electron chi connectivity index (χ2n) is 7.14. The van der Waals surface area contributed by atoms with Gasteiger partial charge in [0.2, 0.25) is 0 Å². The molecule has 1 aromatic carbocycles. The molecule has 21 heavy (non-hydrogen) atoms. The predicted molar refractivity (Wildman–Crippen MR) is 89.7 cm³/mol. The largest absolute Gasteiger partial charge is 0.490 e.